The Labute approximate surface area is 268 Å². The van der Waals surface area contributed by atoms with E-state index in [2.05, 4.69) is 39.5 Å². The molecule has 1 aliphatic heterocycles. The Hall–Kier alpha value is -3.82. The summed E-state index contributed by atoms with van der Waals surface area (Å²) in [6.45, 7) is 12.2. The topological polar surface area (TPSA) is 86.0 Å². The molecule has 2 aromatic carbocycles. The molecule has 0 saturated carbocycles. The molecule has 4 rings (SSSR count). The number of carbonyl (C=O) groups excluding carboxylic acids is 2. The number of benzene rings is 2. The number of ether oxygens (including phenoxy) is 2. The molecule has 1 aromatic heterocycles. The number of carbonyl (C=O) groups is 2. The summed E-state index contributed by atoms with van der Waals surface area (Å²) in [6.07, 6.45) is 6.08. The third-order valence-electron chi connectivity index (χ3n) is 8.40. The van der Waals surface area contributed by atoms with Crippen LogP contribution in [0, 0.1) is 42.4 Å². The Bertz CT molecular complexity index is 1540. The zero-order valence-electron chi connectivity index (χ0n) is 27.7. The van der Waals surface area contributed by atoms with Gasteiger partial charge >= 0.3 is 11.9 Å². The lowest BCUT2D eigenvalue weighted by molar-refractivity contribution is -0.168. The summed E-state index contributed by atoms with van der Waals surface area (Å²) >= 11 is 0. The van der Waals surface area contributed by atoms with Gasteiger partial charge in [-0.05, 0) is 86.8 Å². The van der Waals surface area contributed by atoms with Crippen LogP contribution < -0.4 is 0 Å². The van der Waals surface area contributed by atoms with Crippen molar-refractivity contribution in [1.82, 2.24) is 0 Å². The highest BCUT2D eigenvalue weighted by Crippen LogP contribution is 2.34. The van der Waals surface area contributed by atoms with E-state index in [1.54, 1.807) is 0 Å². The number of aryl methyl sites for hydroxylation is 1. The lowest BCUT2D eigenvalue weighted by Gasteiger charge is -2.25. The molecule has 3 aromatic rings. The van der Waals surface area contributed by atoms with Gasteiger partial charge in [0.2, 0.25) is 0 Å². The zero-order chi connectivity index (χ0) is 32.6. The van der Waals surface area contributed by atoms with E-state index in [-0.39, 0.29) is 13.0 Å². The molecule has 0 radical (unpaired) electrons. The van der Waals surface area contributed by atoms with Crippen molar-refractivity contribution in [3.05, 3.63) is 82.6 Å². The van der Waals surface area contributed by atoms with E-state index in [1.807, 2.05) is 68.5 Å². The minimum Gasteiger partial charge on any atom is -0.461 e. The quantitative estimate of drug-likeness (QED) is 0.120. The second kappa shape index (κ2) is 15.5. The predicted molar refractivity (Wildman–Crippen MR) is 177 cm³/mol. The molecule has 2 heterocycles. The normalized spacial score (nSPS) is 18.1. The number of fused-ring (bicyclic) bond motifs is 1. The maximum Gasteiger partial charge on any atom is 0.334 e. The first-order chi connectivity index (χ1) is 21.5. The van der Waals surface area contributed by atoms with Gasteiger partial charge in [0.1, 0.15) is 18.0 Å². The van der Waals surface area contributed by atoms with Crippen molar-refractivity contribution in [1.29, 1.82) is 0 Å². The Morgan fingerprint density at radius 3 is 2.33 bits per heavy atom. The van der Waals surface area contributed by atoms with E-state index in [9.17, 15) is 14.7 Å². The van der Waals surface area contributed by atoms with E-state index in [0.717, 1.165) is 41.4 Å². The summed E-state index contributed by atoms with van der Waals surface area (Å²) in [6, 6.07) is 15.9. The first kappa shape index (κ1) is 34.1. The van der Waals surface area contributed by atoms with Crippen LogP contribution in [0.15, 0.2) is 64.6 Å². The molecule has 1 N–H and O–H groups in total. The van der Waals surface area contributed by atoms with Crippen LogP contribution >= 0.6 is 0 Å². The SMILES string of the molecule is CC[C@H](Cc1cc2cc(C#Cc3ccc(C)cc3)ccc2o1)C(=O)OC[C@]1(CO)C/C(=C\CC(CC(C)C)CC(C)C)C(=O)O1. The van der Waals surface area contributed by atoms with Crippen LogP contribution in [-0.4, -0.2) is 35.9 Å². The highest BCUT2D eigenvalue weighted by molar-refractivity contribution is 5.91. The van der Waals surface area contributed by atoms with E-state index < -0.39 is 30.1 Å². The largest absolute Gasteiger partial charge is 0.461 e. The van der Waals surface area contributed by atoms with E-state index in [4.69, 9.17) is 13.9 Å². The number of hydrogen-bond donors (Lipinski definition) is 1. The third-order valence-corrected chi connectivity index (χ3v) is 8.40. The van der Waals surface area contributed by atoms with Gasteiger partial charge in [-0.3, -0.25) is 4.79 Å². The molecule has 2 atom stereocenters. The van der Waals surface area contributed by atoms with Crippen molar-refractivity contribution in [2.45, 2.75) is 85.7 Å². The van der Waals surface area contributed by atoms with Crippen LogP contribution in [-0.2, 0) is 25.5 Å². The van der Waals surface area contributed by atoms with Gasteiger partial charge in [-0.1, -0.05) is 70.2 Å². The van der Waals surface area contributed by atoms with Crippen LogP contribution in [0.1, 0.15) is 89.2 Å². The Morgan fingerprint density at radius 1 is 1.02 bits per heavy atom. The number of rotatable bonds is 13. The molecule has 6 heteroatoms. The van der Waals surface area contributed by atoms with Gasteiger partial charge in [-0.15, -0.1) is 0 Å². The van der Waals surface area contributed by atoms with E-state index >= 15 is 0 Å². The van der Waals surface area contributed by atoms with Crippen LogP contribution in [0.2, 0.25) is 0 Å². The molecule has 6 nitrogen and oxygen atoms in total. The summed E-state index contributed by atoms with van der Waals surface area (Å²) in [7, 11) is 0. The van der Waals surface area contributed by atoms with Gasteiger partial charge in [0.05, 0.1) is 12.5 Å². The number of allylic oxidation sites excluding steroid dienone is 1. The van der Waals surface area contributed by atoms with Gasteiger partial charge in [-0.25, -0.2) is 4.79 Å². The fourth-order valence-electron chi connectivity index (χ4n) is 6.03. The third kappa shape index (κ3) is 9.58. The van der Waals surface area contributed by atoms with Gasteiger partial charge < -0.3 is 19.0 Å². The maximum absolute atomic E-state index is 13.2. The molecule has 0 amide bonds. The highest BCUT2D eigenvalue weighted by atomic mass is 16.6. The van der Waals surface area contributed by atoms with Crippen LogP contribution in [0.25, 0.3) is 11.0 Å². The molecule has 1 fully saturated rings. The fourth-order valence-corrected chi connectivity index (χ4v) is 6.03. The number of esters is 2. The number of hydrogen-bond acceptors (Lipinski definition) is 6. The van der Waals surface area contributed by atoms with Crippen molar-refractivity contribution >= 4 is 22.9 Å². The van der Waals surface area contributed by atoms with Crippen molar-refractivity contribution in [2.75, 3.05) is 13.2 Å². The maximum atomic E-state index is 13.2. The van der Waals surface area contributed by atoms with Crippen molar-refractivity contribution in [3.63, 3.8) is 0 Å². The summed E-state index contributed by atoms with van der Waals surface area (Å²) in [5.74, 6) is 7.44. The highest BCUT2D eigenvalue weighted by Gasteiger charge is 2.45. The lowest BCUT2D eigenvalue weighted by Crippen LogP contribution is -2.40. The number of aliphatic hydroxyl groups is 1. The molecular formula is C39H48O6. The smallest absolute Gasteiger partial charge is 0.334 e. The summed E-state index contributed by atoms with van der Waals surface area (Å²) in [4.78, 5) is 25.9. The minimum absolute atomic E-state index is 0.188. The van der Waals surface area contributed by atoms with Gasteiger partial charge in [-0.2, -0.15) is 0 Å². The molecule has 0 aliphatic carbocycles. The van der Waals surface area contributed by atoms with Crippen LogP contribution in [0.3, 0.4) is 0 Å². The summed E-state index contributed by atoms with van der Waals surface area (Å²) in [5, 5.41) is 11.1. The minimum atomic E-state index is -1.25. The Morgan fingerprint density at radius 2 is 1.69 bits per heavy atom. The monoisotopic (exact) mass is 612 g/mol. The molecular weight excluding hydrogens is 564 g/mol. The molecule has 1 aliphatic rings. The van der Waals surface area contributed by atoms with Gasteiger partial charge in [0.25, 0.3) is 0 Å². The van der Waals surface area contributed by atoms with Crippen LogP contribution in [0.5, 0.6) is 0 Å². The second-order valence-electron chi connectivity index (χ2n) is 13.5. The Kier molecular flexibility index (Phi) is 11.7. The average Bonchev–Trinajstić information content (AvgIpc) is 3.56. The second-order valence-corrected chi connectivity index (χ2v) is 13.5. The standard InChI is InChI=1S/C39H48O6/c1-7-32(21-35-22-34-20-30(15-17-36(34)44-35)13-12-29-10-8-28(6)9-11-29)37(41)43-25-39(24-40)23-33(38(42)45-39)16-14-31(18-26(2)3)19-27(4)5/h8-11,15-17,20,22,26-27,31-32,40H,7,14,18-19,21,23-25H2,1-6H3/b33-16+/t32-,39-/m1/s1. The number of cyclic esters (lactones) is 1. The predicted octanol–water partition coefficient (Wildman–Crippen LogP) is 7.96. The number of aliphatic hydroxyl groups excluding tert-OH is 1. The molecule has 0 bridgehead atoms. The zero-order valence-corrected chi connectivity index (χ0v) is 27.7. The fraction of sp³-hybridized carbons (Fsp3) is 0.487. The average molecular weight is 613 g/mol. The summed E-state index contributed by atoms with van der Waals surface area (Å²) < 4.78 is 17.4. The lowest BCUT2D eigenvalue weighted by atomic mass is 9.86. The van der Waals surface area contributed by atoms with Crippen molar-refractivity contribution < 1.29 is 28.6 Å². The van der Waals surface area contributed by atoms with Gasteiger partial charge in [0.15, 0.2) is 5.60 Å². The molecule has 45 heavy (non-hydrogen) atoms. The van der Waals surface area contributed by atoms with E-state index in [0.29, 0.717) is 41.9 Å². The van der Waals surface area contributed by atoms with Crippen LogP contribution in [0.4, 0.5) is 0 Å². The van der Waals surface area contributed by atoms with Crippen molar-refractivity contribution in [3.8, 4) is 11.8 Å². The first-order valence-electron chi connectivity index (χ1n) is 16.3. The molecule has 0 spiro atoms. The molecule has 0 unspecified atom stereocenters. The molecule has 1 saturated heterocycles. The number of furan rings is 1. The van der Waals surface area contributed by atoms with E-state index in [1.165, 1.54) is 5.56 Å². The Balaban J connectivity index is 1.37. The molecule has 240 valence electrons. The summed E-state index contributed by atoms with van der Waals surface area (Å²) in [5.41, 5.74) is 3.06. The van der Waals surface area contributed by atoms with Gasteiger partial charge in [0, 0.05) is 34.9 Å². The van der Waals surface area contributed by atoms with Crippen molar-refractivity contribution in [2.24, 2.45) is 23.7 Å². The first-order valence-corrected chi connectivity index (χ1v) is 16.3.